The molecule has 0 bridgehead atoms. The lowest BCUT2D eigenvalue weighted by Gasteiger charge is -2.11. The van der Waals surface area contributed by atoms with Gasteiger partial charge in [0.05, 0.1) is 6.20 Å². The van der Waals surface area contributed by atoms with E-state index in [0.29, 0.717) is 6.04 Å². The van der Waals surface area contributed by atoms with E-state index in [-0.39, 0.29) is 0 Å². The highest BCUT2D eigenvalue weighted by Crippen LogP contribution is 2.18. The number of hydrogen-bond donors (Lipinski definition) is 2. The third kappa shape index (κ3) is 2.46. The van der Waals surface area contributed by atoms with Crippen LogP contribution in [0.2, 0.25) is 0 Å². The summed E-state index contributed by atoms with van der Waals surface area (Å²) in [6, 6.07) is 4.64. The van der Waals surface area contributed by atoms with Crippen LogP contribution in [-0.4, -0.2) is 10.2 Å². The van der Waals surface area contributed by atoms with Crippen LogP contribution in [-0.2, 0) is 6.54 Å². The molecule has 1 atom stereocenters. The fourth-order valence-corrected chi connectivity index (χ4v) is 2.21. The first-order chi connectivity index (χ1) is 7.27. The van der Waals surface area contributed by atoms with E-state index in [0.717, 1.165) is 12.2 Å². The van der Waals surface area contributed by atoms with E-state index in [2.05, 4.69) is 40.0 Å². The van der Waals surface area contributed by atoms with Crippen LogP contribution < -0.4 is 5.32 Å². The van der Waals surface area contributed by atoms with Gasteiger partial charge in [-0.05, 0) is 25.3 Å². The van der Waals surface area contributed by atoms with Crippen molar-refractivity contribution in [2.45, 2.75) is 26.4 Å². The Kier molecular flexibility index (Phi) is 3.18. The highest BCUT2D eigenvalue weighted by Gasteiger charge is 2.06. The van der Waals surface area contributed by atoms with Gasteiger partial charge in [0.1, 0.15) is 0 Å². The number of aryl methyl sites for hydroxylation is 1. The van der Waals surface area contributed by atoms with Crippen LogP contribution in [0.3, 0.4) is 0 Å². The lowest BCUT2D eigenvalue weighted by molar-refractivity contribution is 0.581. The first kappa shape index (κ1) is 10.4. The number of rotatable bonds is 4. The molecule has 2 heterocycles. The van der Waals surface area contributed by atoms with Gasteiger partial charge in [-0.15, -0.1) is 11.3 Å². The summed E-state index contributed by atoms with van der Waals surface area (Å²) >= 11 is 1.79. The van der Waals surface area contributed by atoms with Gasteiger partial charge in [0.2, 0.25) is 0 Å². The second kappa shape index (κ2) is 4.59. The van der Waals surface area contributed by atoms with E-state index in [9.17, 15) is 0 Å². The molecule has 2 N–H and O–H groups in total. The van der Waals surface area contributed by atoms with Gasteiger partial charge >= 0.3 is 0 Å². The molecule has 0 aliphatic heterocycles. The minimum Gasteiger partial charge on any atom is -0.305 e. The largest absolute Gasteiger partial charge is 0.305 e. The minimum atomic E-state index is 0.402. The van der Waals surface area contributed by atoms with Crippen molar-refractivity contribution in [3.8, 4) is 0 Å². The van der Waals surface area contributed by atoms with Crippen LogP contribution in [0.25, 0.3) is 0 Å². The lowest BCUT2D eigenvalue weighted by Crippen LogP contribution is -2.17. The third-order valence-electron chi connectivity index (χ3n) is 2.50. The summed E-state index contributed by atoms with van der Waals surface area (Å²) < 4.78 is 0. The Morgan fingerprint density at radius 1 is 1.60 bits per heavy atom. The van der Waals surface area contributed by atoms with E-state index < -0.39 is 0 Å². The monoisotopic (exact) mass is 221 g/mol. The zero-order valence-corrected chi connectivity index (χ0v) is 9.77. The van der Waals surface area contributed by atoms with Gasteiger partial charge in [-0.2, -0.15) is 5.10 Å². The van der Waals surface area contributed by atoms with Crippen molar-refractivity contribution in [1.82, 2.24) is 15.5 Å². The second-order valence-corrected chi connectivity index (χ2v) is 4.62. The van der Waals surface area contributed by atoms with Crippen molar-refractivity contribution < 1.29 is 0 Å². The highest BCUT2D eigenvalue weighted by atomic mass is 32.1. The van der Waals surface area contributed by atoms with Gasteiger partial charge in [-0.1, -0.05) is 6.07 Å². The molecule has 1 unspecified atom stereocenters. The van der Waals surface area contributed by atoms with Gasteiger partial charge in [-0.3, -0.25) is 5.10 Å². The molecule has 0 fully saturated rings. The third-order valence-corrected chi connectivity index (χ3v) is 3.56. The molecule has 0 radical (unpaired) electrons. The van der Waals surface area contributed by atoms with E-state index in [4.69, 9.17) is 0 Å². The van der Waals surface area contributed by atoms with Crippen molar-refractivity contribution in [2.24, 2.45) is 0 Å². The molecule has 2 rings (SSSR count). The molecular formula is C11H15N3S. The Bertz CT molecular complexity index is 405. The number of nitrogens with zero attached hydrogens (tertiary/aromatic N) is 1. The molecule has 2 aromatic rings. The zero-order chi connectivity index (χ0) is 10.7. The van der Waals surface area contributed by atoms with Gasteiger partial charge in [0, 0.05) is 28.7 Å². The van der Waals surface area contributed by atoms with Crippen LogP contribution in [0.4, 0.5) is 0 Å². The fourth-order valence-electron chi connectivity index (χ4n) is 1.46. The second-order valence-electron chi connectivity index (χ2n) is 3.64. The van der Waals surface area contributed by atoms with Crippen LogP contribution >= 0.6 is 11.3 Å². The average molecular weight is 221 g/mol. The maximum Gasteiger partial charge on any atom is 0.0535 e. The van der Waals surface area contributed by atoms with Gasteiger partial charge in [-0.25, -0.2) is 0 Å². The molecule has 2 aromatic heterocycles. The number of hydrogen-bond acceptors (Lipinski definition) is 3. The SMILES string of the molecule is Cc1[nH]ncc1CNC(C)c1cccs1. The number of thiophene rings is 1. The standard InChI is InChI=1S/C11H15N3S/c1-8-10(7-13-14-8)6-12-9(2)11-4-3-5-15-11/h3-5,7,9,12H,6H2,1-2H3,(H,13,14). The first-order valence-electron chi connectivity index (χ1n) is 5.03. The smallest absolute Gasteiger partial charge is 0.0535 e. The number of nitrogens with one attached hydrogen (secondary N) is 2. The summed E-state index contributed by atoms with van der Waals surface area (Å²) in [6.07, 6.45) is 1.88. The Hall–Kier alpha value is -1.13. The summed E-state index contributed by atoms with van der Waals surface area (Å²) in [6.45, 7) is 5.09. The van der Waals surface area contributed by atoms with Gasteiger partial charge in [0.15, 0.2) is 0 Å². The predicted octanol–water partition coefficient (Wildman–Crippen LogP) is 2.63. The molecule has 4 heteroatoms. The molecule has 0 amide bonds. The maximum atomic E-state index is 4.00. The number of H-pyrrole nitrogens is 1. The van der Waals surface area contributed by atoms with Gasteiger partial charge in [0.25, 0.3) is 0 Å². The molecular weight excluding hydrogens is 206 g/mol. The normalized spacial score (nSPS) is 12.9. The van der Waals surface area contributed by atoms with E-state index in [1.807, 2.05) is 13.1 Å². The Labute approximate surface area is 93.5 Å². The van der Waals surface area contributed by atoms with Crippen LogP contribution in [0.15, 0.2) is 23.7 Å². The van der Waals surface area contributed by atoms with Crippen LogP contribution in [0.5, 0.6) is 0 Å². The van der Waals surface area contributed by atoms with Crippen molar-refractivity contribution in [3.05, 3.63) is 39.8 Å². The molecule has 0 spiro atoms. The summed E-state index contributed by atoms with van der Waals surface area (Å²) in [4.78, 5) is 1.37. The summed E-state index contributed by atoms with van der Waals surface area (Å²) in [7, 11) is 0. The summed E-state index contributed by atoms with van der Waals surface area (Å²) in [5, 5.41) is 12.5. The molecule has 3 nitrogen and oxygen atoms in total. The van der Waals surface area contributed by atoms with Crippen LogP contribution in [0, 0.1) is 6.92 Å². The highest BCUT2D eigenvalue weighted by molar-refractivity contribution is 7.10. The Balaban J connectivity index is 1.91. The number of aromatic nitrogens is 2. The molecule has 0 aliphatic rings. The first-order valence-corrected chi connectivity index (χ1v) is 5.91. The number of aromatic amines is 1. The minimum absolute atomic E-state index is 0.402. The van der Waals surface area contributed by atoms with Crippen molar-refractivity contribution in [2.75, 3.05) is 0 Å². The molecule has 0 saturated carbocycles. The molecule has 0 aromatic carbocycles. The molecule has 80 valence electrons. The van der Waals surface area contributed by atoms with Crippen molar-refractivity contribution >= 4 is 11.3 Å². The fraction of sp³-hybridized carbons (Fsp3) is 0.364. The van der Waals surface area contributed by atoms with Crippen molar-refractivity contribution in [3.63, 3.8) is 0 Å². The average Bonchev–Trinajstić information content (AvgIpc) is 2.85. The topological polar surface area (TPSA) is 40.7 Å². The summed E-state index contributed by atoms with van der Waals surface area (Å²) in [5.41, 5.74) is 2.37. The lowest BCUT2D eigenvalue weighted by atomic mass is 10.2. The zero-order valence-electron chi connectivity index (χ0n) is 8.95. The van der Waals surface area contributed by atoms with E-state index in [1.54, 1.807) is 11.3 Å². The van der Waals surface area contributed by atoms with E-state index >= 15 is 0 Å². The summed E-state index contributed by atoms with van der Waals surface area (Å²) in [5.74, 6) is 0. The molecule has 0 aliphatic carbocycles. The predicted molar refractivity (Wildman–Crippen MR) is 62.9 cm³/mol. The van der Waals surface area contributed by atoms with Crippen LogP contribution in [0.1, 0.15) is 29.1 Å². The Morgan fingerprint density at radius 2 is 2.47 bits per heavy atom. The van der Waals surface area contributed by atoms with Crippen molar-refractivity contribution in [1.29, 1.82) is 0 Å². The molecule has 0 saturated heterocycles. The quantitative estimate of drug-likeness (QED) is 0.833. The molecule has 15 heavy (non-hydrogen) atoms. The van der Waals surface area contributed by atoms with Gasteiger partial charge < -0.3 is 5.32 Å². The maximum absolute atomic E-state index is 4.00. The Morgan fingerprint density at radius 3 is 3.07 bits per heavy atom. The van der Waals surface area contributed by atoms with E-state index in [1.165, 1.54) is 10.4 Å².